The van der Waals surface area contributed by atoms with Gasteiger partial charge in [-0.2, -0.15) is 0 Å². The van der Waals surface area contributed by atoms with Crippen molar-refractivity contribution in [2.24, 2.45) is 0 Å². The molecule has 0 aromatic heterocycles. The second-order valence-corrected chi connectivity index (χ2v) is 6.92. The second kappa shape index (κ2) is 13.2. The van der Waals surface area contributed by atoms with E-state index in [0.717, 1.165) is 6.42 Å². The van der Waals surface area contributed by atoms with Crippen molar-refractivity contribution in [3.05, 3.63) is 35.4 Å². The number of Topliss-reactive ketones (excluding diaryl/α,β-unsaturated/α-hetero) is 1. The molecule has 0 aliphatic rings. The Labute approximate surface area is 148 Å². The van der Waals surface area contributed by atoms with E-state index in [0.29, 0.717) is 12.0 Å². The molecule has 24 heavy (non-hydrogen) atoms. The van der Waals surface area contributed by atoms with Crippen molar-refractivity contribution in [3.63, 3.8) is 0 Å². The van der Waals surface area contributed by atoms with E-state index in [1.165, 1.54) is 69.8 Å². The molecule has 0 saturated heterocycles. The first-order chi connectivity index (χ1) is 11.7. The Morgan fingerprint density at radius 1 is 0.833 bits per heavy atom. The summed E-state index contributed by atoms with van der Waals surface area (Å²) in [6.07, 6.45) is 14.2. The lowest BCUT2D eigenvalue weighted by Crippen LogP contribution is -2.19. The monoisotopic (exact) mass is 332 g/mol. The SMILES string of the molecule is CCCCCCCCCCCCc1ccc(C(=O)C(O)CC)cc1. The van der Waals surface area contributed by atoms with Gasteiger partial charge in [0.2, 0.25) is 0 Å². The summed E-state index contributed by atoms with van der Waals surface area (Å²) in [7, 11) is 0. The largest absolute Gasteiger partial charge is 0.385 e. The van der Waals surface area contributed by atoms with Crippen molar-refractivity contribution in [3.8, 4) is 0 Å². The molecule has 1 atom stereocenters. The van der Waals surface area contributed by atoms with Crippen LogP contribution in [0.25, 0.3) is 0 Å². The average molecular weight is 333 g/mol. The van der Waals surface area contributed by atoms with Gasteiger partial charge in [-0.25, -0.2) is 0 Å². The molecule has 2 nitrogen and oxygen atoms in total. The van der Waals surface area contributed by atoms with Crippen LogP contribution in [0.1, 0.15) is 100 Å². The molecular formula is C22H36O2. The van der Waals surface area contributed by atoms with Crippen LogP contribution in [0.5, 0.6) is 0 Å². The highest BCUT2D eigenvalue weighted by atomic mass is 16.3. The summed E-state index contributed by atoms with van der Waals surface area (Å²) in [5.41, 5.74) is 1.91. The van der Waals surface area contributed by atoms with Crippen LogP contribution in [0.15, 0.2) is 24.3 Å². The molecule has 0 amide bonds. The molecule has 0 saturated carbocycles. The number of aryl methyl sites for hydroxylation is 1. The molecule has 0 radical (unpaired) electrons. The van der Waals surface area contributed by atoms with Gasteiger partial charge < -0.3 is 5.11 Å². The van der Waals surface area contributed by atoms with E-state index < -0.39 is 6.10 Å². The van der Waals surface area contributed by atoms with Gasteiger partial charge in [0.25, 0.3) is 0 Å². The first-order valence-corrected chi connectivity index (χ1v) is 10.00. The topological polar surface area (TPSA) is 37.3 Å². The fourth-order valence-electron chi connectivity index (χ4n) is 3.03. The summed E-state index contributed by atoms with van der Waals surface area (Å²) < 4.78 is 0. The minimum atomic E-state index is -0.863. The van der Waals surface area contributed by atoms with Gasteiger partial charge in [0.05, 0.1) is 0 Å². The number of aliphatic hydroxyl groups excluding tert-OH is 1. The highest BCUT2D eigenvalue weighted by Gasteiger charge is 2.14. The molecule has 1 aromatic rings. The van der Waals surface area contributed by atoms with Crippen molar-refractivity contribution in [2.75, 3.05) is 0 Å². The lowest BCUT2D eigenvalue weighted by molar-refractivity contribution is 0.0740. The Balaban J connectivity index is 2.10. The van der Waals surface area contributed by atoms with Crippen LogP contribution in [0.2, 0.25) is 0 Å². The van der Waals surface area contributed by atoms with Crippen molar-refractivity contribution in [1.82, 2.24) is 0 Å². The zero-order chi connectivity index (χ0) is 17.6. The van der Waals surface area contributed by atoms with Crippen LogP contribution in [0.4, 0.5) is 0 Å². The lowest BCUT2D eigenvalue weighted by Gasteiger charge is -2.07. The number of hydrogen-bond acceptors (Lipinski definition) is 2. The fraction of sp³-hybridized carbons (Fsp3) is 0.682. The number of aliphatic hydroxyl groups is 1. The summed E-state index contributed by atoms with van der Waals surface area (Å²) in [5.74, 6) is -0.164. The smallest absolute Gasteiger partial charge is 0.191 e. The summed E-state index contributed by atoms with van der Waals surface area (Å²) in [5, 5.41) is 9.60. The molecule has 0 aliphatic carbocycles. The fourth-order valence-corrected chi connectivity index (χ4v) is 3.03. The molecule has 0 spiro atoms. The quantitative estimate of drug-likeness (QED) is 0.330. The summed E-state index contributed by atoms with van der Waals surface area (Å²) in [4.78, 5) is 11.9. The van der Waals surface area contributed by atoms with Crippen molar-refractivity contribution >= 4 is 5.78 Å². The van der Waals surface area contributed by atoms with Gasteiger partial charge in [0.1, 0.15) is 6.10 Å². The van der Waals surface area contributed by atoms with Gasteiger partial charge in [-0.15, -0.1) is 0 Å². The molecule has 2 heteroatoms. The van der Waals surface area contributed by atoms with Gasteiger partial charge in [0.15, 0.2) is 5.78 Å². The number of carbonyl (C=O) groups is 1. The Morgan fingerprint density at radius 3 is 1.83 bits per heavy atom. The maximum Gasteiger partial charge on any atom is 0.191 e. The molecule has 136 valence electrons. The van der Waals surface area contributed by atoms with Gasteiger partial charge >= 0.3 is 0 Å². The molecule has 0 fully saturated rings. The highest BCUT2D eigenvalue weighted by Crippen LogP contribution is 2.14. The number of rotatable bonds is 14. The van der Waals surface area contributed by atoms with Crippen LogP contribution >= 0.6 is 0 Å². The summed E-state index contributed by atoms with van der Waals surface area (Å²) in [6.45, 7) is 4.09. The Hall–Kier alpha value is -1.15. The van der Waals surface area contributed by atoms with Crippen LogP contribution in [0, 0.1) is 0 Å². The van der Waals surface area contributed by atoms with Gasteiger partial charge in [-0.3, -0.25) is 4.79 Å². The third-order valence-electron chi connectivity index (χ3n) is 4.75. The van der Waals surface area contributed by atoms with Gasteiger partial charge in [-0.05, 0) is 24.8 Å². The number of ketones is 1. The third kappa shape index (κ3) is 8.63. The minimum Gasteiger partial charge on any atom is -0.385 e. The van der Waals surface area contributed by atoms with Crippen molar-refractivity contribution < 1.29 is 9.90 Å². The zero-order valence-corrected chi connectivity index (χ0v) is 15.7. The summed E-state index contributed by atoms with van der Waals surface area (Å²) in [6, 6.07) is 7.77. The predicted molar refractivity (Wildman–Crippen MR) is 103 cm³/mol. The molecule has 1 N–H and O–H groups in total. The van der Waals surface area contributed by atoms with Crippen LogP contribution in [-0.2, 0) is 6.42 Å². The zero-order valence-electron chi connectivity index (χ0n) is 15.7. The Bertz CT molecular complexity index is 436. The third-order valence-corrected chi connectivity index (χ3v) is 4.75. The van der Waals surface area contributed by atoms with E-state index in [1.54, 1.807) is 0 Å². The Kier molecular flexibility index (Phi) is 11.5. The number of carbonyl (C=O) groups excluding carboxylic acids is 1. The molecular weight excluding hydrogens is 296 g/mol. The number of hydrogen-bond donors (Lipinski definition) is 1. The van der Waals surface area contributed by atoms with Crippen molar-refractivity contribution in [1.29, 1.82) is 0 Å². The molecule has 0 heterocycles. The van der Waals surface area contributed by atoms with Crippen LogP contribution < -0.4 is 0 Å². The number of benzene rings is 1. The highest BCUT2D eigenvalue weighted by molar-refractivity contribution is 5.99. The van der Waals surface area contributed by atoms with E-state index in [9.17, 15) is 9.90 Å². The maximum atomic E-state index is 11.9. The standard InChI is InChI=1S/C22H36O2/c1-3-5-6-7-8-9-10-11-12-13-14-19-15-17-20(18-16-19)22(24)21(23)4-2/h15-18,21,23H,3-14H2,1-2H3. The predicted octanol–water partition coefficient (Wildman–Crippen LogP) is 6.10. The lowest BCUT2D eigenvalue weighted by atomic mass is 10.00. The molecule has 0 bridgehead atoms. The first-order valence-electron chi connectivity index (χ1n) is 10.00. The Morgan fingerprint density at radius 2 is 1.33 bits per heavy atom. The van der Waals surface area contributed by atoms with E-state index in [2.05, 4.69) is 6.92 Å². The van der Waals surface area contributed by atoms with Gasteiger partial charge in [-0.1, -0.05) is 95.9 Å². The van der Waals surface area contributed by atoms with E-state index in [1.807, 2.05) is 31.2 Å². The van der Waals surface area contributed by atoms with Crippen molar-refractivity contribution in [2.45, 2.75) is 97.0 Å². The molecule has 1 rings (SSSR count). The normalized spacial score (nSPS) is 12.3. The summed E-state index contributed by atoms with van der Waals surface area (Å²) >= 11 is 0. The molecule has 0 aliphatic heterocycles. The van der Waals surface area contributed by atoms with E-state index in [-0.39, 0.29) is 5.78 Å². The average Bonchev–Trinajstić information content (AvgIpc) is 2.62. The van der Waals surface area contributed by atoms with Crippen LogP contribution in [0.3, 0.4) is 0 Å². The van der Waals surface area contributed by atoms with Gasteiger partial charge in [0, 0.05) is 5.56 Å². The second-order valence-electron chi connectivity index (χ2n) is 6.92. The van der Waals surface area contributed by atoms with Crippen LogP contribution in [-0.4, -0.2) is 17.0 Å². The number of unbranched alkanes of at least 4 members (excludes halogenated alkanes) is 9. The van der Waals surface area contributed by atoms with E-state index in [4.69, 9.17) is 0 Å². The maximum absolute atomic E-state index is 11.9. The molecule has 1 aromatic carbocycles. The first kappa shape index (κ1) is 20.9. The van der Waals surface area contributed by atoms with E-state index >= 15 is 0 Å². The minimum absolute atomic E-state index is 0.164. The molecule has 1 unspecified atom stereocenters.